The molecule has 0 bridgehead atoms. The first-order valence-corrected chi connectivity index (χ1v) is 12.6. The topological polar surface area (TPSA) is 83.9 Å². The molecule has 0 radical (unpaired) electrons. The first-order chi connectivity index (χ1) is 18.0. The second-order valence-corrected chi connectivity index (χ2v) is 10.1. The van der Waals surface area contributed by atoms with Gasteiger partial charge in [0.1, 0.15) is 0 Å². The highest BCUT2D eigenvalue weighted by Crippen LogP contribution is 2.40. The number of hydrogen-bond donors (Lipinski definition) is 3. The predicted molar refractivity (Wildman–Crippen MR) is 144 cm³/mol. The second-order valence-electron chi connectivity index (χ2n) is 10.1. The lowest BCUT2D eigenvalue weighted by Gasteiger charge is -2.47. The lowest BCUT2D eigenvalue weighted by Crippen LogP contribution is -2.56. The van der Waals surface area contributed by atoms with Crippen molar-refractivity contribution in [1.29, 1.82) is 0 Å². The minimum Gasteiger partial charge on any atom is -0.382 e. The smallest absolute Gasteiger partial charge is 0.382 e. The summed E-state index contributed by atoms with van der Waals surface area (Å²) in [5.74, 6) is -0.311. The molecule has 0 aromatic carbocycles. The molecule has 0 unspecified atom stereocenters. The van der Waals surface area contributed by atoms with Gasteiger partial charge in [0, 0.05) is 55.7 Å². The van der Waals surface area contributed by atoms with E-state index in [0.29, 0.717) is 22.2 Å². The quantitative estimate of drug-likeness (QED) is 0.446. The number of nitrogens with zero attached hydrogens (tertiary/aromatic N) is 3. The van der Waals surface area contributed by atoms with Crippen LogP contribution >= 0.6 is 0 Å². The summed E-state index contributed by atoms with van der Waals surface area (Å²) >= 11 is 0. The van der Waals surface area contributed by atoms with Crippen molar-refractivity contribution in [3.63, 3.8) is 0 Å². The fourth-order valence-electron chi connectivity index (χ4n) is 4.98. The third kappa shape index (κ3) is 6.07. The van der Waals surface area contributed by atoms with Gasteiger partial charge in [-0.15, -0.1) is 0 Å². The van der Waals surface area contributed by atoms with Gasteiger partial charge in [-0.25, -0.2) is 4.98 Å². The molecule has 2 aromatic rings. The van der Waals surface area contributed by atoms with Gasteiger partial charge in [-0.05, 0) is 43.2 Å². The van der Waals surface area contributed by atoms with Crippen molar-refractivity contribution in [1.82, 2.24) is 30.7 Å². The standard InChI is InChI=1S/C28H33F3N6O/c1-5-23-24(19(3)35-21-8-10-27(11-9-21)16-32-17-27)13-22(36-25(23)18(2)28(29,30)31)7-6-12-33-26(38)20-14-34-37(4)15-20/h5-7,13-15,21,32,35H,1-3,8-12,16-17H2,4H3,(H,33,38)/b7-6+. The number of alkyl halides is 3. The zero-order chi connectivity index (χ0) is 27.5. The molecule has 3 N–H and O–H groups in total. The maximum absolute atomic E-state index is 13.7. The summed E-state index contributed by atoms with van der Waals surface area (Å²) < 4.78 is 42.5. The summed E-state index contributed by atoms with van der Waals surface area (Å²) in [6.07, 6.45) is 7.07. The summed E-state index contributed by atoms with van der Waals surface area (Å²) in [7, 11) is 1.71. The minimum atomic E-state index is -4.66. The summed E-state index contributed by atoms with van der Waals surface area (Å²) in [6.45, 7) is 13.4. The molecule has 1 saturated carbocycles. The van der Waals surface area contributed by atoms with E-state index in [1.165, 1.54) is 17.0 Å². The van der Waals surface area contributed by atoms with E-state index in [1.54, 1.807) is 31.5 Å². The van der Waals surface area contributed by atoms with E-state index >= 15 is 0 Å². The van der Waals surface area contributed by atoms with Crippen LogP contribution in [0.5, 0.6) is 0 Å². The Balaban J connectivity index is 1.54. The molecule has 0 atom stereocenters. The van der Waals surface area contributed by atoms with Crippen LogP contribution in [0.15, 0.2) is 44.3 Å². The average Bonchev–Trinajstić information content (AvgIpc) is 3.30. The van der Waals surface area contributed by atoms with Gasteiger partial charge in [-0.3, -0.25) is 9.48 Å². The molecule has 1 spiro atoms. The number of nitrogens with one attached hydrogen (secondary N) is 3. The molecule has 3 heterocycles. The maximum atomic E-state index is 13.7. The van der Waals surface area contributed by atoms with Crippen molar-refractivity contribution in [2.45, 2.75) is 37.9 Å². The van der Waals surface area contributed by atoms with Crippen molar-refractivity contribution >= 4 is 29.3 Å². The van der Waals surface area contributed by atoms with E-state index in [9.17, 15) is 18.0 Å². The Kier molecular flexibility index (Phi) is 7.91. The highest BCUT2D eigenvalue weighted by atomic mass is 19.4. The van der Waals surface area contributed by atoms with Gasteiger partial charge < -0.3 is 16.0 Å². The Morgan fingerprint density at radius 2 is 2.00 bits per heavy atom. The zero-order valence-corrected chi connectivity index (χ0v) is 21.5. The van der Waals surface area contributed by atoms with Crippen molar-refractivity contribution in [2.75, 3.05) is 19.6 Å². The van der Waals surface area contributed by atoms with Crippen LogP contribution in [0.2, 0.25) is 0 Å². The lowest BCUT2D eigenvalue weighted by atomic mass is 9.68. The molecule has 1 saturated heterocycles. The lowest BCUT2D eigenvalue weighted by molar-refractivity contribution is -0.0689. The summed E-state index contributed by atoms with van der Waals surface area (Å²) in [5.41, 5.74) is 0.962. The third-order valence-electron chi connectivity index (χ3n) is 7.30. The molecule has 10 heteroatoms. The Hall–Kier alpha value is -3.66. The van der Waals surface area contributed by atoms with E-state index in [4.69, 9.17) is 0 Å². The molecular formula is C28H33F3N6O. The number of aromatic nitrogens is 3. The second kappa shape index (κ2) is 11.0. The first kappa shape index (κ1) is 27.4. The third-order valence-corrected chi connectivity index (χ3v) is 7.30. The van der Waals surface area contributed by atoms with Crippen LogP contribution in [0, 0.1) is 5.41 Å². The Morgan fingerprint density at radius 1 is 1.29 bits per heavy atom. The Labute approximate surface area is 220 Å². The molecule has 7 nitrogen and oxygen atoms in total. The van der Waals surface area contributed by atoms with Crippen LogP contribution in [-0.2, 0) is 7.05 Å². The first-order valence-electron chi connectivity index (χ1n) is 12.6. The fraction of sp³-hybridized carbons (Fsp3) is 0.393. The summed E-state index contributed by atoms with van der Waals surface area (Å²) in [6, 6.07) is 1.87. The zero-order valence-electron chi connectivity index (χ0n) is 21.5. The number of pyridine rings is 1. The number of halogens is 3. The van der Waals surface area contributed by atoms with E-state index in [-0.39, 0.29) is 35.4 Å². The molecular weight excluding hydrogens is 493 g/mol. The van der Waals surface area contributed by atoms with Crippen LogP contribution in [0.4, 0.5) is 13.2 Å². The highest BCUT2D eigenvalue weighted by Gasteiger charge is 2.40. The van der Waals surface area contributed by atoms with Crippen LogP contribution < -0.4 is 16.0 Å². The van der Waals surface area contributed by atoms with Gasteiger partial charge >= 0.3 is 6.18 Å². The van der Waals surface area contributed by atoms with Gasteiger partial charge in [0.15, 0.2) is 0 Å². The molecule has 2 aromatic heterocycles. The molecule has 2 fully saturated rings. The average molecular weight is 527 g/mol. The van der Waals surface area contributed by atoms with Crippen LogP contribution in [-0.4, -0.2) is 52.5 Å². The van der Waals surface area contributed by atoms with Gasteiger partial charge in [-0.1, -0.05) is 31.9 Å². The Bertz CT molecular complexity index is 1260. The van der Waals surface area contributed by atoms with Gasteiger partial charge in [0.05, 0.1) is 28.7 Å². The number of rotatable bonds is 9. The normalized spacial score (nSPS) is 17.3. The van der Waals surface area contributed by atoms with Crippen molar-refractivity contribution in [3.05, 3.63) is 72.4 Å². The number of amides is 1. The van der Waals surface area contributed by atoms with Gasteiger partial charge in [0.25, 0.3) is 5.91 Å². The number of hydrogen-bond acceptors (Lipinski definition) is 5. The number of carbonyl (C=O) groups is 1. The molecule has 38 heavy (non-hydrogen) atoms. The molecule has 1 amide bonds. The minimum absolute atomic E-state index is 0.154. The number of aryl methyl sites for hydroxylation is 1. The molecule has 4 rings (SSSR count). The van der Waals surface area contributed by atoms with Crippen molar-refractivity contribution in [2.24, 2.45) is 12.5 Å². The van der Waals surface area contributed by atoms with E-state index in [2.05, 4.69) is 45.8 Å². The molecule has 1 aliphatic carbocycles. The van der Waals surface area contributed by atoms with E-state index in [1.807, 2.05) is 0 Å². The summed E-state index contributed by atoms with van der Waals surface area (Å²) in [4.78, 5) is 16.5. The SMILES string of the molecule is C=Cc1c(C(=C)NC2CCC3(CC2)CNC3)cc(/C=C/CNC(=O)c2cnn(C)c2)nc1C(=C)C(F)(F)F. The van der Waals surface area contributed by atoms with E-state index < -0.39 is 11.7 Å². The van der Waals surface area contributed by atoms with Crippen molar-refractivity contribution in [3.8, 4) is 0 Å². The molecule has 202 valence electrons. The highest BCUT2D eigenvalue weighted by molar-refractivity contribution is 5.93. The fourth-order valence-corrected chi connectivity index (χ4v) is 4.98. The van der Waals surface area contributed by atoms with Gasteiger partial charge in [-0.2, -0.15) is 18.3 Å². The Morgan fingerprint density at radius 3 is 2.55 bits per heavy atom. The number of allylic oxidation sites excluding steroid dienone is 1. The van der Waals surface area contributed by atoms with Crippen LogP contribution in [0.1, 0.15) is 58.6 Å². The maximum Gasteiger partial charge on any atom is 0.417 e. The number of carbonyl (C=O) groups excluding carboxylic acids is 1. The van der Waals surface area contributed by atoms with E-state index in [0.717, 1.165) is 38.8 Å². The molecule has 1 aliphatic heterocycles. The monoisotopic (exact) mass is 526 g/mol. The van der Waals surface area contributed by atoms with Crippen LogP contribution in [0.3, 0.4) is 0 Å². The summed E-state index contributed by atoms with van der Waals surface area (Å²) in [5, 5.41) is 13.5. The van der Waals surface area contributed by atoms with Crippen LogP contribution in [0.25, 0.3) is 23.4 Å². The van der Waals surface area contributed by atoms with Crippen molar-refractivity contribution < 1.29 is 18.0 Å². The molecule has 2 aliphatic rings. The van der Waals surface area contributed by atoms with Gasteiger partial charge in [0.2, 0.25) is 0 Å². The largest absolute Gasteiger partial charge is 0.417 e. The predicted octanol–water partition coefficient (Wildman–Crippen LogP) is 4.57.